The summed E-state index contributed by atoms with van der Waals surface area (Å²) in [5, 5.41) is 14.3. The van der Waals surface area contributed by atoms with E-state index in [0.717, 1.165) is 11.9 Å². The van der Waals surface area contributed by atoms with Crippen LogP contribution < -0.4 is 10.6 Å². The maximum atomic E-state index is 8.17. The molecule has 0 heterocycles. The van der Waals surface area contributed by atoms with Gasteiger partial charge in [-0.2, -0.15) is 5.26 Å². The van der Waals surface area contributed by atoms with E-state index < -0.39 is 0 Å². The highest BCUT2D eigenvalue weighted by Crippen LogP contribution is 1.74. The van der Waals surface area contributed by atoms with Crippen LogP contribution in [0.3, 0.4) is 0 Å². The Morgan fingerprint density at radius 3 is 2.90 bits per heavy atom. The van der Waals surface area contributed by atoms with Crippen LogP contribution in [0.2, 0.25) is 0 Å². The third-order valence-electron chi connectivity index (χ3n) is 0.785. The molecule has 0 aromatic rings. The molecular weight excluding hydrogens is 196 g/mol. The third kappa shape index (κ3) is 4.15. The summed E-state index contributed by atoms with van der Waals surface area (Å²) in [4.78, 5) is 3.77. The molecule has 0 aromatic carbocycles. The predicted octanol–water partition coefficient (Wildman–Crippen LogP) is 0.0274. The average molecular weight is 205 g/mol. The van der Waals surface area contributed by atoms with Gasteiger partial charge in [-0.3, -0.25) is 10.3 Å². The molecule has 0 aliphatic carbocycles. The zero-order valence-electron chi connectivity index (χ0n) is 5.69. The Bertz CT molecular complexity index is 148. The lowest BCUT2D eigenvalue weighted by Crippen LogP contribution is -2.35. The standard InChI is InChI=1S/C5H9BrN4/c1-8-5(10-4-7)9-3-2-6/h2-3H2,1H3,(H2,8,9,10). The summed E-state index contributed by atoms with van der Waals surface area (Å²) < 4.78 is 0. The van der Waals surface area contributed by atoms with Gasteiger partial charge in [0.25, 0.3) is 0 Å². The van der Waals surface area contributed by atoms with Gasteiger partial charge < -0.3 is 5.32 Å². The van der Waals surface area contributed by atoms with E-state index in [-0.39, 0.29) is 0 Å². The highest BCUT2D eigenvalue weighted by atomic mass is 79.9. The Kier molecular flexibility index (Phi) is 5.88. The zero-order valence-corrected chi connectivity index (χ0v) is 7.27. The fourth-order valence-corrected chi connectivity index (χ4v) is 0.596. The maximum absolute atomic E-state index is 8.17. The largest absolute Gasteiger partial charge is 0.355 e. The number of guanidine groups is 1. The first kappa shape index (κ1) is 9.24. The Morgan fingerprint density at radius 1 is 1.80 bits per heavy atom. The van der Waals surface area contributed by atoms with Gasteiger partial charge in [0.05, 0.1) is 0 Å². The lowest BCUT2D eigenvalue weighted by Gasteiger charge is -2.02. The molecule has 2 N–H and O–H groups in total. The van der Waals surface area contributed by atoms with E-state index in [2.05, 4.69) is 31.6 Å². The molecule has 4 nitrogen and oxygen atoms in total. The number of hydrogen-bond acceptors (Lipinski definition) is 2. The minimum atomic E-state index is 0.502. The van der Waals surface area contributed by atoms with Gasteiger partial charge in [0.2, 0.25) is 5.96 Å². The van der Waals surface area contributed by atoms with Crippen LogP contribution >= 0.6 is 15.9 Å². The van der Waals surface area contributed by atoms with Gasteiger partial charge in [0.15, 0.2) is 6.19 Å². The number of aliphatic imine (C=N–C) groups is 1. The molecule has 0 spiro atoms. The lowest BCUT2D eigenvalue weighted by molar-refractivity contribution is 0.935. The monoisotopic (exact) mass is 204 g/mol. The molecule has 10 heavy (non-hydrogen) atoms. The van der Waals surface area contributed by atoms with Crippen LogP contribution in [-0.2, 0) is 0 Å². The first-order chi connectivity index (χ1) is 4.85. The van der Waals surface area contributed by atoms with Crippen LogP contribution in [-0.4, -0.2) is 24.9 Å². The van der Waals surface area contributed by atoms with Crippen molar-refractivity contribution in [3.63, 3.8) is 0 Å². The second-order valence-electron chi connectivity index (χ2n) is 1.42. The van der Waals surface area contributed by atoms with E-state index in [9.17, 15) is 0 Å². The zero-order chi connectivity index (χ0) is 7.82. The van der Waals surface area contributed by atoms with Crippen molar-refractivity contribution in [3.8, 4) is 6.19 Å². The van der Waals surface area contributed by atoms with E-state index in [0.29, 0.717) is 5.96 Å². The van der Waals surface area contributed by atoms with Crippen LogP contribution in [0.5, 0.6) is 0 Å². The SMILES string of the molecule is CN=C(NC#N)NCCBr. The minimum Gasteiger partial charge on any atom is -0.355 e. The summed E-state index contributed by atoms with van der Waals surface area (Å²) in [5.74, 6) is 0.502. The molecule has 0 unspecified atom stereocenters. The van der Waals surface area contributed by atoms with Crippen LogP contribution in [0, 0.1) is 11.5 Å². The second-order valence-corrected chi connectivity index (χ2v) is 2.22. The molecule has 0 aliphatic rings. The van der Waals surface area contributed by atoms with Gasteiger partial charge in [-0.15, -0.1) is 0 Å². The second kappa shape index (κ2) is 6.36. The third-order valence-corrected chi connectivity index (χ3v) is 1.18. The van der Waals surface area contributed by atoms with Crippen molar-refractivity contribution in [2.24, 2.45) is 4.99 Å². The molecule has 0 fully saturated rings. The Morgan fingerprint density at radius 2 is 2.50 bits per heavy atom. The summed E-state index contributed by atoms with van der Waals surface area (Å²) in [6.45, 7) is 0.751. The number of hydrogen-bond donors (Lipinski definition) is 2. The van der Waals surface area contributed by atoms with Crippen LogP contribution in [0.1, 0.15) is 0 Å². The van der Waals surface area contributed by atoms with E-state index in [1.807, 2.05) is 0 Å². The van der Waals surface area contributed by atoms with Crippen LogP contribution in [0.4, 0.5) is 0 Å². The number of rotatable bonds is 2. The maximum Gasteiger partial charge on any atom is 0.204 e. The molecule has 56 valence electrons. The van der Waals surface area contributed by atoms with E-state index in [1.54, 1.807) is 13.2 Å². The highest BCUT2D eigenvalue weighted by Gasteiger charge is 1.90. The van der Waals surface area contributed by atoms with Crippen molar-refractivity contribution in [3.05, 3.63) is 0 Å². The van der Waals surface area contributed by atoms with Crippen LogP contribution in [0.15, 0.2) is 4.99 Å². The fraction of sp³-hybridized carbons (Fsp3) is 0.600. The molecule has 0 aromatic heterocycles. The summed E-state index contributed by atoms with van der Waals surface area (Å²) in [6.07, 6.45) is 1.77. The van der Waals surface area contributed by atoms with Gasteiger partial charge in [0, 0.05) is 18.9 Å². The van der Waals surface area contributed by atoms with E-state index in [4.69, 9.17) is 5.26 Å². The van der Waals surface area contributed by atoms with Gasteiger partial charge in [0.1, 0.15) is 0 Å². The molecule has 0 bridgehead atoms. The average Bonchev–Trinajstić information content (AvgIpc) is 1.98. The van der Waals surface area contributed by atoms with Gasteiger partial charge >= 0.3 is 0 Å². The van der Waals surface area contributed by atoms with E-state index in [1.165, 1.54) is 0 Å². The lowest BCUT2D eigenvalue weighted by atomic mass is 10.7. The molecule has 0 radical (unpaired) electrons. The van der Waals surface area contributed by atoms with Crippen molar-refractivity contribution in [1.29, 1.82) is 5.26 Å². The highest BCUT2D eigenvalue weighted by molar-refractivity contribution is 9.09. The smallest absolute Gasteiger partial charge is 0.204 e. The van der Waals surface area contributed by atoms with Gasteiger partial charge in [-0.1, -0.05) is 15.9 Å². The molecule has 0 saturated carbocycles. The number of nitrogens with one attached hydrogen (secondary N) is 2. The number of alkyl halides is 1. The number of nitrogens with zero attached hydrogens (tertiary/aromatic N) is 2. The normalized spacial score (nSPS) is 10.3. The fourth-order valence-electron chi connectivity index (χ4n) is 0.398. The number of halogens is 1. The quantitative estimate of drug-likeness (QED) is 0.220. The van der Waals surface area contributed by atoms with Crippen molar-refractivity contribution >= 4 is 21.9 Å². The Hall–Kier alpha value is -0.760. The molecule has 0 rings (SSSR count). The van der Waals surface area contributed by atoms with E-state index >= 15 is 0 Å². The topological polar surface area (TPSA) is 60.2 Å². The summed E-state index contributed by atoms with van der Waals surface area (Å²) in [7, 11) is 1.61. The van der Waals surface area contributed by atoms with Crippen molar-refractivity contribution in [2.45, 2.75) is 0 Å². The summed E-state index contributed by atoms with van der Waals surface area (Å²) in [6, 6.07) is 0. The first-order valence-electron chi connectivity index (χ1n) is 2.77. The van der Waals surface area contributed by atoms with Crippen molar-refractivity contribution < 1.29 is 0 Å². The van der Waals surface area contributed by atoms with Gasteiger partial charge in [-0.05, 0) is 0 Å². The predicted molar refractivity (Wildman–Crippen MR) is 43.9 cm³/mol. The molecule has 0 aliphatic heterocycles. The molecule has 0 amide bonds. The van der Waals surface area contributed by atoms with Crippen molar-refractivity contribution in [1.82, 2.24) is 10.6 Å². The summed E-state index contributed by atoms with van der Waals surface area (Å²) in [5.41, 5.74) is 0. The molecule has 0 atom stereocenters. The van der Waals surface area contributed by atoms with Crippen LogP contribution in [0.25, 0.3) is 0 Å². The number of nitriles is 1. The van der Waals surface area contributed by atoms with Crippen molar-refractivity contribution in [2.75, 3.05) is 18.9 Å². The first-order valence-corrected chi connectivity index (χ1v) is 3.89. The molecule has 5 heteroatoms. The molecular formula is C5H9BrN4. The minimum absolute atomic E-state index is 0.502. The Labute approximate surface area is 68.5 Å². The molecule has 0 saturated heterocycles. The van der Waals surface area contributed by atoms with Gasteiger partial charge in [-0.25, -0.2) is 0 Å². The summed E-state index contributed by atoms with van der Waals surface area (Å²) >= 11 is 3.23. The Balaban J connectivity index is 3.54.